The second kappa shape index (κ2) is 5.64. The number of fused-ring (bicyclic) bond motifs is 1. The lowest BCUT2D eigenvalue weighted by atomic mass is 10.1. The molecule has 1 aliphatic heterocycles. The summed E-state index contributed by atoms with van der Waals surface area (Å²) in [5.74, 6) is 0.881. The van der Waals surface area contributed by atoms with E-state index in [1.165, 1.54) is 6.92 Å². The van der Waals surface area contributed by atoms with Gasteiger partial charge in [-0.1, -0.05) is 18.2 Å². The van der Waals surface area contributed by atoms with Gasteiger partial charge < -0.3 is 10.1 Å². The molecule has 0 bridgehead atoms. The SMILES string of the molecule is Cc1c(C(F)(F)F)n[nH]c1CNCC1Cc2ccccc2O1. The first-order chi connectivity index (χ1) is 10.4. The van der Waals surface area contributed by atoms with Gasteiger partial charge in [-0.25, -0.2) is 0 Å². The van der Waals surface area contributed by atoms with Gasteiger partial charge in [0.05, 0.1) is 5.69 Å². The van der Waals surface area contributed by atoms with Gasteiger partial charge in [0.25, 0.3) is 0 Å². The number of aromatic nitrogens is 2. The lowest BCUT2D eigenvalue weighted by Crippen LogP contribution is -2.30. The fourth-order valence-corrected chi connectivity index (χ4v) is 2.61. The van der Waals surface area contributed by atoms with Gasteiger partial charge in [-0.05, 0) is 18.6 Å². The molecule has 0 radical (unpaired) electrons. The van der Waals surface area contributed by atoms with Crippen molar-refractivity contribution in [2.45, 2.75) is 32.2 Å². The average Bonchev–Trinajstić information content (AvgIpc) is 3.02. The van der Waals surface area contributed by atoms with E-state index in [1.54, 1.807) is 0 Å². The van der Waals surface area contributed by atoms with Crippen molar-refractivity contribution >= 4 is 0 Å². The first kappa shape index (κ1) is 14.9. The number of halogens is 3. The average molecular weight is 311 g/mol. The van der Waals surface area contributed by atoms with Crippen LogP contribution in [0.25, 0.3) is 0 Å². The highest BCUT2D eigenvalue weighted by Crippen LogP contribution is 2.31. The molecule has 2 N–H and O–H groups in total. The van der Waals surface area contributed by atoms with E-state index in [0.717, 1.165) is 17.7 Å². The molecule has 1 aliphatic rings. The number of alkyl halides is 3. The summed E-state index contributed by atoms with van der Waals surface area (Å²) in [6.45, 7) is 2.28. The molecule has 118 valence electrons. The second-order valence-electron chi connectivity index (χ2n) is 5.36. The summed E-state index contributed by atoms with van der Waals surface area (Å²) in [5.41, 5.74) is 0.888. The molecule has 0 aliphatic carbocycles. The van der Waals surface area contributed by atoms with Gasteiger partial charge in [0, 0.05) is 25.1 Å². The smallest absolute Gasteiger partial charge is 0.435 e. The van der Waals surface area contributed by atoms with Crippen molar-refractivity contribution in [1.29, 1.82) is 0 Å². The monoisotopic (exact) mass is 311 g/mol. The van der Waals surface area contributed by atoms with Crippen molar-refractivity contribution in [3.05, 3.63) is 46.8 Å². The number of benzene rings is 1. The molecule has 1 atom stereocenters. The molecule has 0 fully saturated rings. The van der Waals surface area contributed by atoms with Crippen LogP contribution in [0.1, 0.15) is 22.5 Å². The number of hydrogen-bond acceptors (Lipinski definition) is 3. The lowest BCUT2D eigenvalue weighted by Gasteiger charge is -2.11. The van der Waals surface area contributed by atoms with E-state index < -0.39 is 11.9 Å². The molecule has 3 rings (SSSR count). The summed E-state index contributed by atoms with van der Waals surface area (Å²) in [7, 11) is 0. The third-order valence-corrected chi connectivity index (χ3v) is 3.77. The van der Waals surface area contributed by atoms with Crippen LogP contribution in [0.2, 0.25) is 0 Å². The molecule has 2 aromatic rings. The Morgan fingerprint density at radius 1 is 1.36 bits per heavy atom. The second-order valence-corrected chi connectivity index (χ2v) is 5.36. The molecule has 2 heterocycles. The zero-order chi connectivity index (χ0) is 15.7. The summed E-state index contributed by atoms with van der Waals surface area (Å²) in [6, 6.07) is 7.82. The van der Waals surface area contributed by atoms with Crippen LogP contribution in [0.15, 0.2) is 24.3 Å². The van der Waals surface area contributed by atoms with E-state index in [1.807, 2.05) is 24.3 Å². The number of hydrogen-bond donors (Lipinski definition) is 2. The molecule has 1 aromatic carbocycles. The molecule has 4 nitrogen and oxygen atoms in total. The number of nitrogens with one attached hydrogen (secondary N) is 2. The summed E-state index contributed by atoms with van der Waals surface area (Å²) in [4.78, 5) is 0. The molecule has 1 aromatic heterocycles. The lowest BCUT2D eigenvalue weighted by molar-refractivity contribution is -0.141. The molecule has 1 unspecified atom stereocenters. The van der Waals surface area contributed by atoms with Crippen LogP contribution in [0.4, 0.5) is 13.2 Å². The Morgan fingerprint density at radius 2 is 2.14 bits per heavy atom. The van der Waals surface area contributed by atoms with Crippen LogP contribution in [0.3, 0.4) is 0 Å². The first-order valence-electron chi connectivity index (χ1n) is 7.01. The molecule has 0 spiro atoms. The number of para-hydroxylation sites is 1. The number of nitrogens with zero attached hydrogens (tertiary/aromatic N) is 1. The Balaban J connectivity index is 1.54. The topological polar surface area (TPSA) is 49.9 Å². The van der Waals surface area contributed by atoms with Crippen molar-refractivity contribution in [3.8, 4) is 5.75 Å². The molecular weight excluding hydrogens is 295 g/mol. The highest BCUT2D eigenvalue weighted by Gasteiger charge is 2.36. The fraction of sp³-hybridized carbons (Fsp3) is 0.400. The van der Waals surface area contributed by atoms with Crippen molar-refractivity contribution in [3.63, 3.8) is 0 Å². The molecule has 0 saturated carbocycles. The quantitative estimate of drug-likeness (QED) is 0.913. The van der Waals surface area contributed by atoms with E-state index in [4.69, 9.17) is 4.74 Å². The minimum Gasteiger partial charge on any atom is -0.488 e. The van der Waals surface area contributed by atoms with E-state index in [9.17, 15) is 13.2 Å². The van der Waals surface area contributed by atoms with Gasteiger partial charge in [0.1, 0.15) is 11.9 Å². The van der Waals surface area contributed by atoms with Gasteiger partial charge in [-0.2, -0.15) is 18.3 Å². The van der Waals surface area contributed by atoms with Gasteiger partial charge in [-0.3, -0.25) is 5.10 Å². The van der Waals surface area contributed by atoms with E-state index in [-0.39, 0.29) is 11.7 Å². The van der Waals surface area contributed by atoms with Gasteiger partial charge >= 0.3 is 6.18 Å². The van der Waals surface area contributed by atoms with Crippen molar-refractivity contribution in [1.82, 2.24) is 15.5 Å². The Hall–Kier alpha value is -2.02. The predicted octanol–water partition coefficient (Wildman–Crippen LogP) is 2.83. The zero-order valence-corrected chi connectivity index (χ0v) is 12.0. The summed E-state index contributed by atoms with van der Waals surface area (Å²) in [6.07, 6.45) is -3.61. The molecular formula is C15H16F3N3O. The van der Waals surface area contributed by atoms with Crippen molar-refractivity contribution < 1.29 is 17.9 Å². The summed E-state index contributed by atoms with van der Waals surface area (Å²) in [5, 5.41) is 8.92. The Labute approximate surface area is 125 Å². The van der Waals surface area contributed by atoms with Crippen LogP contribution >= 0.6 is 0 Å². The molecule has 22 heavy (non-hydrogen) atoms. The third kappa shape index (κ3) is 2.94. The Bertz CT molecular complexity index is 641. The van der Waals surface area contributed by atoms with Crippen molar-refractivity contribution in [2.24, 2.45) is 0 Å². The summed E-state index contributed by atoms with van der Waals surface area (Å²) >= 11 is 0. The largest absolute Gasteiger partial charge is 0.488 e. The maximum absolute atomic E-state index is 12.7. The standard InChI is InChI=1S/C15H16F3N3O/c1-9-12(20-21-14(9)15(16,17)18)8-19-7-11-6-10-4-2-3-5-13(10)22-11/h2-5,11,19H,6-8H2,1H3,(H,20,21). The normalized spacial score (nSPS) is 17.4. The fourth-order valence-electron chi connectivity index (χ4n) is 2.61. The molecule has 0 saturated heterocycles. The summed E-state index contributed by atoms with van der Waals surface area (Å²) < 4.78 is 43.7. The first-order valence-corrected chi connectivity index (χ1v) is 7.01. The predicted molar refractivity (Wildman–Crippen MR) is 74.6 cm³/mol. The van der Waals surface area contributed by atoms with E-state index >= 15 is 0 Å². The van der Waals surface area contributed by atoms with E-state index in [2.05, 4.69) is 15.5 Å². The van der Waals surface area contributed by atoms with Crippen LogP contribution in [0, 0.1) is 6.92 Å². The number of rotatable bonds is 4. The van der Waals surface area contributed by atoms with Gasteiger partial charge in [-0.15, -0.1) is 0 Å². The van der Waals surface area contributed by atoms with Crippen LogP contribution in [-0.4, -0.2) is 22.8 Å². The van der Waals surface area contributed by atoms with Crippen LogP contribution in [-0.2, 0) is 19.1 Å². The zero-order valence-electron chi connectivity index (χ0n) is 12.0. The highest BCUT2D eigenvalue weighted by molar-refractivity contribution is 5.37. The number of H-pyrrole nitrogens is 1. The van der Waals surface area contributed by atoms with Crippen LogP contribution in [0.5, 0.6) is 5.75 Å². The van der Waals surface area contributed by atoms with Gasteiger partial charge in [0.2, 0.25) is 0 Å². The number of ether oxygens (including phenoxy) is 1. The molecule has 0 amide bonds. The van der Waals surface area contributed by atoms with Crippen molar-refractivity contribution in [2.75, 3.05) is 6.54 Å². The minimum atomic E-state index is -4.42. The van der Waals surface area contributed by atoms with E-state index in [0.29, 0.717) is 18.8 Å². The maximum atomic E-state index is 12.7. The molecule has 7 heteroatoms. The minimum absolute atomic E-state index is 0.00251. The highest BCUT2D eigenvalue weighted by atomic mass is 19.4. The third-order valence-electron chi connectivity index (χ3n) is 3.77. The number of aromatic amines is 1. The Kier molecular flexibility index (Phi) is 3.82. The van der Waals surface area contributed by atoms with Gasteiger partial charge in [0.15, 0.2) is 5.69 Å². The van der Waals surface area contributed by atoms with Crippen LogP contribution < -0.4 is 10.1 Å². The maximum Gasteiger partial charge on any atom is 0.435 e. The Morgan fingerprint density at radius 3 is 2.82 bits per heavy atom.